The molecule has 0 aromatic heterocycles. The molecule has 2 aliphatic heterocycles. The monoisotopic (exact) mass is 305 g/mol. The highest BCUT2D eigenvalue weighted by atomic mass is 32.2. The molecule has 0 saturated carbocycles. The number of hydrogen-bond acceptors (Lipinski definition) is 6. The summed E-state index contributed by atoms with van der Waals surface area (Å²) in [6, 6.07) is -0.929. The molecule has 2 saturated heterocycles. The number of carbonyl (C=O) groups excluding carboxylic acids is 1. The fourth-order valence-corrected chi connectivity index (χ4v) is 4.75. The van der Waals surface area contributed by atoms with Gasteiger partial charge in [-0.3, -0.25) is 9.69 Å². The summed E-state index contributed by atoms with van der Waals surface area (Å²) in [5.41, 5.74) is -0.564. The fraction of sp³-hybridized carbons (Fsp3) is 0.923. The van der Waals surface area contributed by atoms with Gasteiger partial charge in [-0.1, -0.05) is 0 Å². The third-order valence-electron chi connectivity index (χ3n) is 3.69. The van der Waals surface area contributed by atoms with Gasteiger partial charge in [0.25, 0.3) is 0 Å². The molecule has 3 atom stereocenters. The van der Waals surface area contributed by atoms with Gasteiger partial charge in [0.2, 0.25) is 0 Å². The molecule has 20 heavy (non-hydrogen) atoms. The second-order valence-electron chi connectivity index (χ2n) is 6.64. The highest BCUT2D eigenvalue weighted by molar-refractivity contribution is 7.91. The first-order valence-electron chi connectivity index (χ1n) is 6.96. The third-order valence-corrected chi connectivity index (χ3v) is 5.39. The van der Waals surface area contributed by atoms with Gasteiger partial charge in [0, 0.05) is 0 Å². The molecular formula is C13H23NO5S. The maximum absolute atomic E-state index is 12.2. The normalized spacial score (nSPS) is 34.3. The van der Waals surface area contributed by atoms with Crippen molar-refractivity contribution in [3.63, 3.8) is 0 Å². The molecule has 2 rings (SSSR count). The summed E-state index contributed by atoms with van der Waals surface area (Å²) in [5, 5.41) is 9.94. The predicted molar refractivity (Wildman–Crippen MR) is 74.0 cm³/mol. The molecule has 0 aliphatic carbocycles. The number of esters is 1. The van der Waals surface area contributed by atoms with Gasteiger partial charge < -0.3 is 9.84 Å². The Balaban J connectivity index is 2.10. The quantitative estimate of drug-likeness (QED) is 0.720. The van der Waals surface area contributed by atoms with Crippen molar-refractivity contribution in [1.29, 1.82) is 0 Å². The number of aliphatic hydroxyl groups is 1. The van der Waals surface area contributed by atoms with E-state index in [9.17, 15) is 18.3 Å². The van der Waals surface area contributed by atoms with Crippen molar-refractivity contribution in [3.8, 4) is 0 Å². The number of hydrogen-bond donors (Lipinski definition) is 1. The number of ether oxygens (including phenoxy) is 1. The number of carbonyl (C=O) groups is 1. The van der Waals surface area contributed by atoms with Gasteiger partial charge in [-0.2, -0.15) is 0 Å². The second kappa shape index (κ2) is 5.27. The first kappa shape index (κ1) is 15.7. The Morgan fingerprint density at radius 3 is 2.45 bits per heavy atom. The summed E-state index contributed by atoms with van der Waals surface area (Å²) in [6.45, 7) is 6.04. The molecule has 0 amide bonds. The zero-order valence-electron chi connectivity index (χ0n) is 12.2. The number of nitrogens with zero attached hydrogens (tertiary/aromatic N) is 1. The number of sulfone groups is 1. The van der Waals surface area contributed by atoms with Crippen molar-refractivity contribution < 1.29 is 23.1 Å². The maximum Gasteiger partial charge on any atom is 0.323 e. The van der Waals surface area contributed by atoms with E-state index in [0.29, 0.717) is 13.0 Å². The Labute approximate surface area is 120 Å². The Hall–Kier alpha value is -0.660. The Morgan fingerprint density at radius 2 is 1.95 bits per heavy atom. The molecule has 6 nitrogen and oxygen atoms in total. The molecule has 0 bridgehead atoms. The topological polar surface area (TPSA) is 83.9 Å². The van der Waals surface area contributed by atoms with Crippen LogP contribution in [0.15, 0.2) is 0 Å². The zero-order chi connectivity index (χ0) is 15.1. The van der Waals surface area contributed by atoms with Crippen molar-refractivity contribution >= 4 is 15.8 Å². The average molecular weight is 305 g/mol. The van der Waals surface area contributed by atoms with Gasteiger partial charge in [-0.15, -0.1) is 0 Å². The third kappa shape index (κ3) is 3.51. The molecule has 7 heteroatoms. The van der Waals surface area contributed by atoms with Crippen molar-refractivity contribution in [3.05, 3.63) is 0 Å². The van der Waals surface area contributed by atoms with Gasteiger partial charge in [0.1, 0.15) is 11.6 Å². The van der Waals surface area contributed by atoms with Gasteiger partial charge in [-0.25, -0.2) is 8.42 Å². The summed E-state index contributed by atoms with van der Waals surface area (Å²) >= 11 is 0. The Bertz CT molecular complexity index is 481. The van der Waals surface area contributed by atoms with E-state index in [-0.39, 0.29) is 17.5 Å². The zero-order valence-corrected chi connectivity index (χ0v) is 13.0. The van der Waals surface area contributed by atoms with E-state index in [1.165, 1.54) is 0 Å². The molecule has 0 radical (unpaired) electrons. The second-order valence-corrected chi connectivity index (χ2v) is 8.79. The van der Waals surface area contributed by atoms with Crippen LogP contribution in [0.2, 0.25) is 0 Å². The van der Waals surface area contributed by atoms with E-state index in [1.54, 1.807) is 20.8 Å². The van der Waals surface area contributed by atoms with E-state index < -0.39 is 33.6 Å². The largest absolute Gasteiger partial charge is 0.459 e. The Kier molecular flexibility index (Phi) is 4.15. The van der Waals surface area contributed by atoms with Crippen LogP contribution in [-0.4, -0.2) is 66.2 Å². The summed E-state index contributed by atoms with van der Waals surface area (Å²) in [4.78, 5) is 14.0. The highest BCUT2D eigenvalue weighted by Gasteiger charge is 2.46. The molecule has 2 fully saturated rings. The number of likely N-dealkylation sites (tertiary alicyclic amines) is 1. The summed E-state index contributed by atoms with van der Waals surface area (Å²) in [5.74, 6) is -0.616. The minimum absolute atomic E-state index is 0.0759. The van der Waals surface area contributed by atoms with Crippen molar-refractivity contribution in [1.82, 2.24) is 4.90 Å². The van der Waals surface area contributed by atoms with Crippen LogP contribution in [0.3, 0.4) is 0 Å². The van der Waals surface area contributed by atoms with Crippen molar-refractivity contribution in [2.75, 3.05) is 18.1 Å². The van der Waals surface area contributed by atoms with Crippen molar-refractivity contribution in [2.45, 2.75) is 57.4 Å². The minimum atomic E-state index is -3.21. The van der Waals surface area contributed by atoms with E-state index in [2.05, 4.69) is 0 Å². The van der Waals surface area contributed by atoms with Gasteiger partial charge in [-0.05, 0) is 40.2 Å². The lowest BCUT2D eigenvalue weighted by Crippen LogP contribution is -2.50. The van der Waals surface area contributed by atoms with E-state index in [1.807, 2.05) is 4.90 Å². The molecule has 1 N–H and O–H groups in total. The van der Waals surface area contributed by atoms with E-state index >= 15 is 0 Å². The molecule has 2 aliphatic rings. The molecule has 0 aromatic rings. The average Bonchev–Trinajstić information content (AvgIpc) is 2.79. The van der Waals surface area contributed by atoms with Crippen molar-refractivity contribution in [2.24, 2.45) is 0 Å². The van der Waals surface area contributed by atoms with Crippen LogP contribution in [0.4, 0.5) is 0 Å². The fourth-order valence-electron chi connectivity index (χ4n) is 2.94. The number of rotatable bonds is 2. The minimum Gasteiger partial charge on any atom is -0.459 e. The summed E-state index contributed by atoms with van der Waals surface area (Å²) in [6.07, 6.45) is 0.550. The standard InChI is InChI=1S/C13H23NO5S/c1-13(2,3)19-12(16)9-5-4-6-14(9)10-7-20(17,18)8-11(10)15/h9-11,15H,4-8H2,1-3H3/t9-,10?,11?/m1/s1. The predicted octanol–water partition coefficient (Wildman–Crippen LogP) is -0.0496. The van der Waals surface area contributed by atoms with E-state index in [4.69, 9.17) is 4.74 Å². The van der Waals surface area contributed by atoms with Crippen LogP contribution in [0, 0.1) is 0 Å². The van der Waals surface area contributed by atoms with Crippen LogP contribution >= 0.6 is 0 Å². The lowest BCUT2D eigenvalue weighted by molar-refractivity contribution is -0.161. The SMILES string of the molecule is CC(C)(C)OC(=O)[C@H]1CCCN1C1CS(=O)(=O)CC1O. The summed E-state index contributed by atoms with van der Waals surface area (Å²) in [7, 11) is -3.21. The van der Waals surface area contributed by atoms with Gasteiger partial charge >= 0.3 is 5.97 Å². The smallest absolute Gasteiger partial charge is 0.323 e. The lowest BCUT2D eigenvalue weighted by Gasteiger charge is -2.32. The Morgan fingerprint density at radius 1 is 1.30 bits per heavy atom. The van der Waals surface area contributed by atoms with E-state index in [0.717, 1.165) is 6.42 Å². The van der Waals surface area contributed by atoms with Gasteiger partial charge in [0.15, 0.2) is 9.84 Å². The molecule has 2 heterocycles. The first-order valence-corrected chi connectivity index (χ1v) is 8.78. The van der Waals surface area contributed by atoms with Crippen LogP contribution in [0.25, 0.3) is 0 Å². The maximum atomic E-state index is 12.2. The number of aliphatic hydroxyl groups excluding tert-OH is 1. The molecule has 0 aromatic carbocycles. The highest BCUT2D eigenvalue weighted by Crippen LogP contribution is 2.28. The molecule has 2 unspecified atom stereocenters. The van der Waals surface area contributed by atoms with Crippen LogP contribution in [0.1, 0.15) is 33.6 Å². The van der Waals surface area contributed by atoms with Crippen LogP contribution < -0.4 is 0 Å². The lowest BCUT2D eigenvalue weighted by atomic mass is 10.1. The van der Waals surface area contributed by atoms with Crippen LogP contribution in [0.5, 0.6) is 0 Å². The molecule has 116 valence electrons. The molecule has 0 spiro atoms. The summed E-state index contributed by atoms with van der Waals surface area (Å²) < 4.78 is 28.6. The first-order chi connectivity index (χ1) is 9.09. The van der Waals surface area contributed by atoms with Gasteiger partial charge in [0.05, 0.1) is 23.7 Å². The molecular weight excluding hydrogens is 282 g/mol. The van der Waals surface area contributed by atoms with Crippen LogP contribution in [-0.2, 0) is 19.4 Å².